The standard InChI is InChI=1S/C64H42N2O/c1-3-16-44(17-4-1)51-25-13-18-46-19-14-27-57(63(46)51)54-23-8-10-29-59(54)65(50-39-34-45(35-40-50)52-26-15-28-58-56-24-9-12-31-62(56)67-64(52)58)49-37-32-43(33-38-49)47-36-41-55-53-22-7-11-30-60(53)66(61(55)42-47)48-20-5-2-6-21-48/h1-42H. The van der Waals surface area contributed by atoms with Gasteiger partial charge in [0.05, 0.1) is 16.7 Å². The zero-order chi connectivity index (χ0) is 44.3. The molecule has 0 unspecified atom stereocenters. The molecule has 0 amide bonds. The number of para-hydroxylation sites is 5. The third-order valence-corrected chi connectivity index (χ3v) is 13.4. The fraction of sp³-hybridized carbons (Fsp3) is 0. The van der Waals surface area contributed by atoms with Gasteiger partial charge in [0, 0.05) is 49.7 Å². The van der Waals surface area contributed by atoms with Crippen molar-refractivity contribution in [1.82, 2.24) is 4.57 Å². The number of rotatable bonds is 8. The highest BCUT2D eigenvalue weighted by molar-refractivity contribution is 6.12. The summed E-state index contributed by atoms with van der Waals surface area (Å²) in [6.45, 7) is 0. The Morgan fingerprint density at radius 1 is 0.328 bits per heavy atom. The molecule has 67 heavy (non-hydrogen) atoms. The average Bonchev–Trinajstić information content (AvgIpc) is 3.95. The molecule has 13 aromatic rings. The van der Waals surface area contributed by atoms with Crippen molar-refractivity contribution < 1.29 is 4.42 Å². The first-order valence-electron chi connectivity index (χ1n) is 22.9. The summed E-state index contributed by atoms with van der Waals surface area (Å²) in [5.41, 5.74) is 17.8. The Bertz CT molecular complexity index is 3950. The summed E-state index contributed by atoms with van der Waals surface area (Å²) in [5, 5.41) is 7.18. The zero-order valence-corrected chi connectivity index (χ0v) is 36.6. The van der Waals surface area contributed by atoms with Gasteiger partial charge in [-0.15, -0.1) is 0 Å². The first kappa shape index (κ1) is 38.5. The number of hydrogen-bond acceptors (Lipinski definition) is 2. The van der Waals surface area contributed by atoms with Crippen LogP contribution in [0.4, 0.5) is 17.1 Å². The molecule has 0 radical (unpaired) electrons. The van der Waals surface area contributed by atoms with Crippen LogP contribution in [-0.2, 0) is 0 Å². The third kappa shape index (κ3) is 6.51. The minimum Gasteiger partial charge on any atom is -0.455 e. The molecule has 11 aromatic carbocycles. The minimum atomic E-state index is 0.898. The molecule has 0 saturated heterocycles. The second kappa shape index (κ2) is 16.0. The van der Waals surface area contributed by atoms with E-state index in [1.54, 1.807) is 0 Å². The molecule has 0 bridgehead atoms. The number of hydrogen-bond donors (Lipinski definition) is 0. The Morgan fingerprint density at radius 3 is 1.67 bits per heavy atom. The van der Waals surface area contributed by atoms with Crippen LogP contribution in [0.2, 0.25) is 0 Å². The van der Waals surface area contributed by atoms with Crippen molar-refractivity contribution in [2.24, 2.45) is 0 Å². The van der Waals surface area contributed by atoms with Gasteiger partial charge in [0.1, 0.15) is 11.2 Å². The number of furan rings is 1. The van der Waals surface area contributed by atoms with Crippen LogP contribution in [-0.4, -0.2) is 4.57 Å². The van der Waals surface area contributed by atoms with Gasteiger partial charge in [0.15, 0.2) is 0 Å². The van der Waals surface area contributed by atoms with Gasteiger partial charge in [0.25, 0.3) is 0 Å². The van der Waals surface area contributed by atoms with E-state index >= 15 is 0 Å². The molecule has 0 saturated carbocycles. The second-order valence-electron chi connectivity index (χ2n) is 17.2. The van der Waals surface area contributed by atoms with Crippen LogP contribution in [0.15, 0.2) is 259 Å². The van der Waals surface area contributed by atoms with Crippen LogP contribution in [0.1, 0.15) is 0 Å². The van der Waals surface area contributed by atoms with Crippen molar-refractivity contribution in [1.29, 1.82) is 0 Å². The summed E-state index contributed by atoms with van der Waals surface area (Å²) in [6.07, 6.45) is 0. The Hall–Kier alpha value is -8.92. The Morgan fingerprint density at radius 2 is 0.881 bits per heavy atom. The average molecular weight is 855 g/mol. The van der Waals surface area contributed by atoms with E-state index in [-0.39, 0.29) is 0 Å². The number of aromatic nitrogens is 1. The molecule has 2 aromatic heterocycles. The SMILES string of the molecule is c1ccc(-c2cccc3cccc(-c4ccccc4N(c4ccc(-c5ccc6c7ccccc7n(-c7ccccc7)c6c5)cc4)c4ccc(-c5cccc6c5oc5ccccc56)cc4)c23)cc1. The molecule has 0 atom stereocenters. The summed E-state index contributed by atoms with van der Waals surface area (Å²) in [6, 6.07) is 91.9. The van der Waals surface area contributed by atoms with E-state index < -0.39 is 0 Å². The summed E-state index contributed by atoms with van der Waals surface area (Å²) < 4.78 is 8.88. The number of benzene rings is 11. The molecule has 2 heterocycles. The summed E-state index contributed by atoms with van der Waals surface area (Å²) >= 11 is 0. The number of anilines is 3. The highest BCUT2D eigenvalue weighted by Gasteiger charge is 2.21. The third-order valence-electron chi connectivity index (χ3n) is 13.4. The maximum atomic E-state index is 6.50. The van der Waals surface area contributed by atoms with Crippen LogP contribution >= 0.6 is 0 Å². The van der Waals surface area contributed by atoms with Gasteiger partial charge in [-0.3, -0.25) is 0 Å². The maximum Gasteiger partial charge on any atom is 0.143 e. The van der Waals surface area contributed by atoms with E-state index in [0.29, 0.717) is 0 Å². The van der Waals surface area contributed by atoms with Gasteiger partial charge in [-0.25, -0.2) is 0 Å². The summed E-state index contributed by atoms with van der Waals surface area (Å²) in [4.78, 5) is 2.41. The zero-order valence-electron chi connectivity index (χ0n) is 36.6. The molecule has 3 heteroatoms. The van der Waals surface area contributed by atoms with Crippen LogP contribution in [0.25, 0.3) is 105 Å². The molecule has 0 spiro atoms. The molecule has 3 nitrogen and oxygen atoms in total. The Labute approximate surface area is 388 Å². The van der Waals surface area contributed by atoms with Gasteiger partial charge < -0.3 is 13.9 Å². The Kier molecular flexibility index (Phi) is 9.17. The van der Waals surface area contributed by atoms with Crippen molar-refractivity contribution in [2.75, 3.05) is 4.90 Å². The van der Waals surface area contributed by atoms with Crippen molar-refractivity contribution in [3.63, 3.8) is 0 Å². The van der Waals surface area contributed by atoms with E-state index in [1.165, 1.54) is 54.8 Å². The lowest BCUT2D eigenvalue weighted by molar-refractivity contribution is 0.670. The Balaban J connectivity index is 0.966. The second-order valence-corrected chi connectivity index (χ2v) is 17.2. The summed E-state index contributed by atoms with van der Waals surface area (Å²) in [5.74, 6) is 0. The van der Waals surface area contributed by atoms with Crippen LogP contribution < -0.4 is 4.90 Å². The van der Waals surface area contributed by atoms with E-state index in [2.05, 4.69) is 252 Å². The molecule has 0 aliphatic heterocycles. The van der Waals surface area contributed by atoms with Gasteiger partial charge in [-0.05, 0) is 105 Å². The topological polar surface area (TPSA) is 21.3 Å². The van der Waals surface area contributed by atoms with Gasteiger partial charge in [-0.2, -0.15) is 0 Å². The van der Waals surface area contributed by atoms with Gasteiger partial charge in [0.2, 0.25) is 0 Å². The lowest BCUT2D eigenvalue weighted by Gasteiger charge is -2.29. The molecule has 0 N–H and O–H groups in total. The fourth-order valence-corrected chi connectivity index (χ4v) is 10.3. The molecular formula is C64H42N2O. The van der Waals surface area contributed by atoms with E-state index in [0.717, 1.165) is 66.9 Å². The number of fused-ring (bicyclic) bond motifs is 7. The molecule has 0 aliphatic rings. The van der Waals surface area contributed by atoms with Gasteiger partial charge in [-0.1, -0.05) is 194 Å². The van der Waals surface area contributed by atoms with Crippen LogP contribution in [0.5, 0.6) is 0 Å². The predicted molar refractivity (Wildman–Crippen MR) is 282 cm³/mol. The first-order chi connectivity index (χ1) is 33.2. The van der Waals surface area contributed by atoms with E-state index in [4.69, 9.17) is 4.42 Å². The highest BCUT2D eigenvalue weighted by atomic mass is 16.3. The van der Waals surface area contributed by atoms with Crippen molar-refractivity contribution >= 4 is 71.6 Å². The smallest absolute Gasteiger partial charge is 0.143 e. The summed E-state index contributed by atoms with van der Waals surface area (Å²) in [7, 11) is 0. The molecule has 314 valence electrons. The van der Waals surface area contributed by atoms with Crippen molar-refractivity contribution in [3.05, 3.63) is 255 Å². The minimum absolute atomic E-state index is 0.898. The number of nitrogens with zero attached hydrogens (tertiary/aromatic N) is 2. The maximum absolute atomic E-state index is 6.50. The normalized spacial score (nSPS) is 11.6. The van der Waals surface area contributed by atoms with E-state index in [9.17, 15) is 0 Å². The lowest BCUT2D eigenvalue weighted by Crippen LogP contribution is -2.11. The quantitative estimate of drug-likeness (QED) is 0.152. The van der Waals surface area contributed by atoms with Crippen LogP contribution in [0.3, 0.4) is 0 Å². The van der Waals surface area contributed by atoms with E-state index in [1.807, 2.05) is 12.1 Å². The van der Waals surface area contributed by atoms with Crippen molar-refractivity contribution in [2.45, 2.75) is 0 Å². The lowest BCUT2D eigenvalue weighted by atomic mass is 9.90. The molecule has 13 rings (SSSR count). The molecular weight excluding hydrogens is 813 g/mol. The highest BCUT2D eigenvalue weighted by Crippen LogP contribution is 2.46. The fourth-order valence-electron chi connectivity index (χ4n) is 10.3. The largest absolute Gasteiger partial charge is 0.455 e. The molecule has 0 fully saturated rings. The molecule has 0 aliphatic carbocycles. The van der Waals surface area contributed by atoms with Crippen molar-refractivity contribution in [3.8, 4) is 50.2 Å². The van der Waals surface area contributed by atoms with Gasteiger partial charge >= 0.3 is 0 Å². The van der Waals surface area contributed by atoms with Crippen LogP contribution in [0, 0.1) is 0 Å². The first-order valence-corrected chi connectivity index (χ1v) is 22.9. The predicted octanol–water partition coefficient (Wildman–Crippen LogP) is 18.0. The monoisotopic (exact) mass is 854 g/mol.